The van der Waals surface area contributed by atoms with Crippen LogP contribution in [-0.4, -0.2) is 5.75 Å². The highest BCUT2D eigenvalue weighted by Gasteiger charge is 2.20. The lowest BCUT2D eigenvalue weighted by molar-refractivity contribution is 0.504. The van der Waals surface area contributed by atoms with Crippen LogP contribution in [0.15, 0.2) is 41.3 Å². The average Bonchev–Trinajstić information content (AvgIpc) is 2.48. The molecule has 0 saturated carbocycles. The van der Waals surface area contributed by atoms with E-state index in [1.54, 1.807) is 17.8 Å². The molecule has 1 atom stereocenters. The van der Waals surface area contributed by atoms with Crippen LogP contribution in [0, 0.1) is 12.7 Å². The van der Waals surface area contributed by atoms with Gasteiger partial charge in [-0.25, -0.2) is 4.39 Å². The number of halogens is 2. The third-order valence-electron chi connectivity index (χ3n) is 3.80. The van der Waals surface area contributed by atoms with E-state index >= 15 is 0 Å². The van der Waals surface area contributed by atoms with Gasteiger partial charge in [-0.15, -0.1) is 11.8 Å². The van der Waals surface area contributed by atoms with Gasteiger partial charge in [0.15, 0.2) is 0 Å². The quantitative estimate of drug-likeness (QED) is 0.842. The Labute approximate surface area is 133 Å². The highest BCUT2D eigenvalue weighted by molar-refractivity contribution is 7.99. The van der Waals surface area contributed by atoms with Crippen LogP contribution in [0.5, 0.6) is 0 Å². The first-order valence-electron chi connectivity index (χ1n) is 7.04. The summed E-state index contributed by atoms with van der Waals surface area (Å²) in [4.78, 5) is 1.18. The van der Waals surface area contributed by atoms with Crippen molar-refractivity contribution >= 4 is 23.4 Å². The lowest BCUT2D eigenvalue weighted by Gasteiger charge is -2.26. The Bertz CT molecular complexity index is 659. The molecule has 1 aliphatic rings. The molecule has 3 rings (SSSR count). The first-order chi connectivity index (χ1) is 10.1. The van der Waals surface area contributed by atoms with Gasteiger partial charge in [-0.3, -0.25) is 0 Å². The summed E-state index contributed by atoms with van der Waals surface area (Å²) in [5.41, 5.74) is 3.31. The minimum atomic E-state index is -0.165. The zero-order valence-electron chi connectivity index (χ0n) is 11.8. The van der Waals surface area contributed by atoms with E-state index in [1.807, 2.05) is 25.1 Å². The monoisotopic (exact) mass is 321 g/mol. The molecule has 0 spiro atoms. The predicted molar refractivity (Wildman–Crippen MR) is 87.5 cm³/mol. The number of aryl methyl sites for hydroxylation is 1. The van der Waals surface area contributed by atoms with Crippen molar-refractivity contribution in [3.63, 3.8) is 0 Å². The maximum absolute atomic E-state index is 13.5. The van der Waals surface area contributed by atoms with Crippen LogP contribution in [-0.2, 0) is 6.54 Å². The van der Waals surface area contributed by atoms with Crippen LogP contribution in [0.1, 0.15) is 29.2 Å². The molecule has 1 aliphatic heterocycles. The van der Waals surface area contributed by atoms with Gasteiger partial charge >= 0.3 is 0 Å². The van der Waals surface area contributed by atoms with Crippen molar-refractivity contribution in [3.05, 3.63) is 63.9 Å². The highest BCUT2D eigenvalue weighted by Crippen LogP contribution is 2.36. The number of thioether (sulfide) groups is 1. The predicted octanol–water partition coefficient (Wildman–Crippen LogP) is 5.11. The van der Waals surface area contributed by atoms with E-state index in [9.17, 15) is 4.39 Å². The second kappa shape index (κ2) is 6.39. The van der Waals surface area contributed by atoms with Gasteiger partial charge in [-0.2, -0.15) is 0 Å². The number of nitrogens with one attached hydrogen (secondary N) is 1. The molecule has 0 amide bonds. The molecule has 1 nitrogen and oxygen atoms in total. The van der Waals surface area contributed by atoms with E-state index in [4.69, 9.17) is 11.6 Å². The zero-order chi connectivity index (χ0) is 14.8. The fraction of sp³-hybridized carbons (Fsp3) is 0.294. The van der Waals surface area contributed by atoms with Gasteiger partial charge in [0, 0.05) is 22.5 Å². The van der Waals surface area contributed by atoms with Gasteiger partial charge in [0.1, 0.15) is 5.82 Å². The van der Waals surface area contributed by atoms with Crippen LogP contribution in [0.25, 0.3) is 0 Å². The lowest BCUT2D eigenvalue weighted by Crippen LogP contribution is -2.24. The van der Waals surface area contributed by atoms with E-state index in [-0.39, 0.29) is 11.9 Å². The van der Waals surface area contributed by atoms with Crippen molar-refractivity contribution in [1.82, 2.24) is 5.32 Å². The second-order valence-electron chi connectivity index (χ2n) is 5.34. The molecule has 1 heterocycles. The van der Waals surface area contributed by atoms with Crippen LogP contribution in [0.4, 0.5) is 4.39 Å². The molecule has 0 fully saturated rings. The fourth-order valence-corrected chi connectivity index (χ4v) is 3.87. The van der Waals surface area contributed by atoms with Crippen molar-refractivity contribution in [2.45, 2.75) is 30.8 Å². The van der Waals surface area contributed by atoms with Gasteiger partial charge in [0.25, 0.3) is 0 Å². The van der Waals surface area contributed by atoms with E-state index < -0.39 is 0 Å². The number of benzene rings is 2. The Balaban J connectivity index is 1.74. The smallest absolute Gasteiger partial charge is 0.123 e. The molecule has 4 heteroatoms. The molecule has 1 unspecified atom stereocenters. The SMILES string of the molecule is Cc1ccc(CNC2CCSc3ccc(F)cc32)cc1Cl. The Hall–Kier alpha value is -1.03. The fourth-order valence-electron chi connectivity index (χ4n) is 2.56. The minimum Gasteiger partial charge on any atom is -0.306 e. The summed E-state index contributed by atoms with van der Waals surface area (Å²) in [7, 11) is 0. The molecule has 0 saturated heterocycles. The van der Waals surface area contributed by atoms with Gasteiger partial charge in [0.2, 0.25) is 0 Å². The van der Waals surface area contributed by atoms with Gasteiger partial charge in [0.05, 0.1) is 0 Å². The Kier molecular flexibility index (Phi) is 4.53. The van der Waals surface area contributed by atoms with Crippen LogP contribution in [0.2, 0.25) is 5.02 Å². The Morgan fingerprint density at radius 1 is 1.29 bits per heavy atom. The summed E-state index contributed by atoms with van der Waals surface area (Å²) in [6.07, 6.45) is 1.01. The third kappa shape index (κ3) is 3.42. The largest absolute Gasteiger partial charge is 0.306 e. The molecule has 0 bridgehead atoms. The normalized spacial score (nSPS) is 17.6. The first kappa shape index (κ1) is 14.9. The highest BCUT2D eigenvalue weighted by atomic mass is 35.5. The summed E-state index contributed by atoms with van der Waals surface area (Å²) in [5, 5.41) is 4.32. The van der Waals surface area contributed by atoms with Crippen LogP contribution >= 0.6 is 23.4 Å². The van der Waals surface area contributed by atoms with Crippen molar-refractivity contribution in [2.24, 2.45) is 0 Å². The Morgan fingerprint density at radius 2 is 2.14 bits per heavy atom. The van der Waals surface area contributed by atoms with Crippen molar-refractivity contribution in [2.75, 3.05) is 5.75 Å². The zero-order valence-corrected chi connectivity index (χ0v) is 13.4. The van der Waals surface area contributed by atoms with Crippen LogP contribution in [0.3, 0.4) is 0 Å². The van der Waals surface area contributed by atoms with Gasteiger partial charge in [-0.05, 0) is 60.1 Å². The topological polar surface area (TPSA) is 12.0 Å². The third-order valence-corrected chi connectivity index (χ3v) is 5.33. The Morgan fingerprint density at radius 3 is 2.95 bits per heavy atom. The molecule has 1 N–H and O–H groups in total. The molecule has 0 radical (unpaired) electrons. The van der Waals surface area contributed by atoms with E-state index in [0.717, 1.165) is 40.4 Å². The number of hydrogen-bond acceptors (Lipinski definition) is 2. The molecule has 2 aromatic carbocycles. The molecular weight excluding hydrogens is 305 g/mol. The maximum Gasteiger partial charge on any atom is 0.123 e. The summed E-state index contributed by atoms with van der Waals surface area (Å²) in [6.45, 7) is 2.74. The first-order valence-corrected chi connectivity index (χ1v) is 8.40. The van der Waals surface area contributed by atoms with Crippen LogP contribution < -0.4 is 5.32 Å². The molecule has 21 heavy (non-hydrogen) atoms. The van der Waals surface area contributed by atoms with Crippen molar-refractivity contribution in [1.29, 1.82) is 0 Å². The molecule has 2 aromatic rings. The molecule has 0 aromatic heterocycles. The van der Waals surface area contributed by atoms with Crippen molar-refractivity contribution < 1.29 is 4.39 Å². The number of rotatable bonds is 3. The van der Waals surface area contributed by atoms with E-state index in [0.29, 0.717) is 0 Å². The van der Waals surface area contributed by atoms with Gasteiger partial charge in [-0.1, -0.05) is 23.7 Å². The minimum absolute atomic E-state index is 0.165. The summed E-state index contributed by atoms with van der Waals surface area (Å²) < 4.78 is 13.5. The summed E-state index contributed by atoms with van der Waals surface area (Å²) in [5.74, 6) is 0.895. The van der Waals surface area contributed by atoms with E-state index in [2.05, 4.69) is 11.4 Å². The second-order valence-corrected chi connectivity index (χ2v) is 6.88. The lowest BCUT2D eigenvalue weighted by atomic mass is 10.0. The average molecular weight is 322 g/mol. The van der Waals surface area contributed by atoms with E-state index in [1.165, 1.54) is 11.0 Å². The number of fused-ring (bicyclic) bond motifs is 1. The maximum atomic E-state index is 13.5. The molecule has 0 aliphatic carbocycles. The van der Waals surface area contributed by atoms with Crippen molar-refractivity contribution in [3.8, 4) is 0 Å². The number of hydrogen-bond donors (Lipinski definition) is 1. The standard InChI is InChI=1S/C17H17ClFNS/c1-11-2-3-12(8-15(11)18)10-20-16-6-7-21-17-5-4-13(19)9-14(16)17/h2-5,8-9,16,20H,6-7,10H2,1H3. The molecular formula is C17H17ClFNS. The summed E-state index contributed by atoms with van der Waals surface area (Å²) in [6, 6.07) is 11.4. The van der Waals surface area contributed by atoms with Gasteiger partial charge < -0.3 is 5.32 Å². The summed E-state index contributed by atoms with van der Waals surface area (Å²) >= 11 is 7.96. The molecule has 110 valence electrons.